The van der Waals surface area contributed by atoms with E-state index in [0.717, 1.165) is 17.6 Å². The zero-order valence-electron chi connectivity index (χ0n) is 18.0. The van der Waals surface area contributed by atoms with Crippen LogP contribution in [0.25, 0.3) is 0 Å². The molecule has 1 aliphatic carbocycles. The van der Waals surface area contributed by atoms with Gasteiger partial charge in [0.2, 0.25) is 0 Å². The number of halogens is 1. The molecule has 0 spiro atoms. The zero-order valence-corrected chi connectivity index (χ0v) is 21.2. The third-order valence-electron chi connectivity index (χ3n) is 5.72. The molecule has 4 heteroatoms. The summed E-state index contributed by atoms with van der Waals surface area (Å²) >= 11 is 2.21. The highest BCUT2D eigenvalue weighted by molar-refractivity contribution is 14.1. The molecular formula is C22H37IO2Si. The average molecular weight is 489 g/mol. The van der Waals surface area contributed by atoms with Crippen LogP contribution in [0, 0.1) is 5.41 Å². The molecule has 1 aliphatic rings. The first-order valence-corrected chi connectivity index (χ1v) is 13.6. The van der Waals surface area contributed by atoms with Gasteiger partial charge in [-0.2, -0.15) is 0 Å². The summed E-state index contributed by atoms with van der Waals surface area (Å²) in [6.07, 6.45) is 7.68. The molecular weight excluding hydrogens is 451 g/mol. The van der Waals surface area contributed by atoms with Crippen LogP contribution >= 0.6 is 22.6 Å². The molecule has 0 heterocycles. The summed E-state index contributed by atoms with van der Waals surface area (Å²) in [6.45, 7) is 19.7. The first-order valence-electron chi connectivity index (χ1n) is 9.44. The number of hydrogen-bond acceptors (Lipinski definition) is 2. The Morgan fingerprint density at radius 3 is 2.31 bits per heavy atom. The highest BCUT2D eigenvalue weighted by Crippen LogP contribution is 2.48. The SMILES string of the molecule is C/C(C=C=C1C(C)(C)C[C@H](O[Si](C)(C)C(C)(C)C)C[C@@]1(C)O)=C\C=C\I. The Morgan fingerprint density at radius 2 is 1.85 bits per heavy atom. The van der Waals surface area contributed by atoms with Crippen molar-refractivity contribution in [1.82, 2.24) is 0 Å². The van der Waals surface area contributed by atoms with Crippen molar-refractivity contribution in [3.63, 3.8) is 0 Å². The molecule has 0 aromatic carbocycles. The molecule has 0 aliphatic heterocycles. The van der Waals surface area contributed by atoms with Crippen LogP contribution in [-0.4, -0.2) is 25.1 Å². The summed E-state index contributed by atoms with van der Waals surface area (Å²) in [6, 6.07) is 0. The van der Waals surface area contributed by atoms with Crippen LogP contribution in [0.15, 0.2) is 39.2 Å². The van der Waals surface area contributed by atoms with Gasteiger partial charge in [-0.05, 0) is 59.5 Å². The van der Waals surface area contributed by atoms with E-state index < -0.39 is 13.9 Å². The van der Waals surface area contributed by atoms with Crippen LogP contribution in [0.5, 0.6) is 0 Å². The van der Waals surface area contributed by atoms with Gasteiger partial charge in [-0.15, -0.1) is 5.73 Å². The van der Waals surface area contributed by atoms with Gasteiger partial charge in [0.15, 0.2) is 8.32 Å². The molecule has 0 unspecified atom stereocenters. The van der Waals surface area contributed by atoms with E-state index in [1.165, 1.54) is 0 Å². The number of hydrogen-bond donors (Lipinski definition) is 1. The summed E-state index contributed by atoms with van der Waals surface area (Å²) in [5.74, 6) is 0. The third kappa shape index (κ3) is 6.20. The molecule has 1 fully saturated rings. The van der Waals surface area contributed by atoms with Crippen molar-refractivity contribution in [3.8, 4) is 0 Å². The predicted octanol–water partition coefficient (Wildman–Crippen LogP) is 6.92. The lowest BCUT2D eigenvalue weighted by Crippen LogP contribution is -2.51. The van der Waals surface area contributed by atoms with Crippen LogP contribution in [0.2, 0.25) is 18.1 Å². The van der Waals surface area contributed by atoms with Gasteiger partial charge in [-0.25, -0.2) is 0 Å². The highest BCUT2D eigenvalue weighted by atomic mass is 127. The lowest BCUT2D eigenvalue weighted by atomic mass is 9.65. The van der Waals surface area contributed by atoms with E-state index in [4.69, 9.17) is 4.43 Å². The fraction of sp³-hybridized carbons (Fsp3) is 0.682. The Kier molecular flexibility index (Phi) is 7.80. The fourth-order valence-electron chi connectivity index (χ4n) is 3.47. The van der Waals surface area contributed by atoms with Gasteiger partial charge in [0.1, 0.15) is 0 Å². The van der Waals surface area contributed by atoms with E-state index in [1.807, 2.05) is 29.2 Å². The number of allylic oxidation sites excluding steroid dienone is 3. The lowest BCUT2D eigenvalue weighted by Gasteiger charge is -2.48. The van der Waals surface area contributed by atoms with Crippen LogP contribution in [0.1, 0.15) is 61.3 Å². The molecule has 1 saturated carbocycles. The molecule has 0 aromatic rings. The standard InChI is InChI=1S/C22H37IO2Si/c1-17(11-10-14-23)12-13-19-21(5,6)15-18(16-22(19,7)24)25-26(8,9)20(2,3)4/h10-12,14,18,24H,15-16H2,1-9H3/b14-10+,17-11+/t13?,18-,22+/m0/s1. The Morgan fingerprint density at radius 1 is 1.27 bits per heavy atom. The molecule has 0 aromatic heterocycles. The Bertz CT molecular complexity index is 607. The van der Waals surface area contributed by atoms with Crippen molar-refractivity contribution < 1.29 is 9.53 Å². The summed E-state index contributed by atoms with van der Waals surface area (Å²) < 4.78 is 8.63. The smallest absolute Gasteiger partial charge is 0.192 e. The van der Waals surface area contributed by atoms with E-state index in [1.54, 1.807) is 0 Å². The first kappa shape index (κ1) is 23.9. The van der Waals surface area contributed by atoms with Gasteiger partial charge in [0.25, 0.3) is 0 Å². The number of aliphatic hydroxyl groups is 1. The Balaban J connectivity index is 3.16. The van der Waals surface area contributed by atoms with Crippen molar-refractivity contribution in [2.45, 2.75) is 91.1 Å². The summed E-state index contributed by atoms with van der Waals surface area (Å²) in [4.78, 5) is 0. The largest absolute Gasteiger partial charge is 0.414 e. The number of rotatable bonds is 4. The van der Waals surface area contributed by atoms with Crippen molar-refractivity contribution in [1.29, 1.82) is 0 Å². The van der Waals surface area contributed by atoms with Crippen LogP contribution in [0.4, 0.5) is 0 Å². The van der Waals surface area contributed by atoms with Gasteiger partial charge in [-0.1, -0.05) is 69.4 Å². The summed E-state index contributed by atoms with van der Waals surface area (Å²) in [7, 11) is -1.86. The first-order chi connectivity index (χ1) is 11.6. The molecule has 148 valence electrons. The minimum atomic E-state index is -1.86. The summed E-state index contributed by atoms with van der Waals surface area (Å²) in [5.41, 5.74) is 4.47. The quantitative estimate of drug-likeness (QED) is 0.201. The molecule has 0 bridgehead atoms. The maximum absolute atomic E-state index is 11.2. The highest BCUT2D eigenvalue weighted by Gasteiger charge is 2.48. The molecule has 1 rings (SSSR count). The second kappa shape index (κ2) is 8.48. The van der Waals surface area contributed by atoms with Gasteiger partial charge >= 0.3 is 0 Å². The van der Waals surface area contributed by atoms with Crippen molar-refractivity contribution in [2.75, 3.05) is 0 Å². The molecule has 26 heavy (non-hydrogen) atoms. The van der Waals surface area contributed by atoms with Crippen molar-refractivity contribution in [2.24, 2.45) is 5.41 Å². The third-order valence-corrected chi connectivity index (χ3v) is 10.7. The van der Waals surface area contributed by atoms with E-state index in [0.29, 0.717) is 6.42 Å². The van der Waals surface area contributed by atoms with E-state index >= 15 is 0 Å². The maximum Gasteiger partial charge on any atom is 0.192 e. The van der Waals surface area contributed by atoms with E-state index in [9.17, 15) is 5.11 Å². The van der Waals surface area contributed by atoms with Crippen molar-refractivity contribution >= 4 is 30.9 Å². The predicted molar refractivity (Wildman–Crippen MR) is 124 cm³/mol. The topological polar surface area (TPSA) is 29.5 Å². The zero-order chi connectivity index (χ0) is 20.4. The lowest BCUT2D eigenvalue weighted by molar-refractivity contribution is -0.0218. The van der Waals surface area contributed by atoms with E-state index in [-0.39, 0.29) is 16.6 Å². The van der Waals surface area contributed by atoms with Gasteiger partial charge in [0.05, 0.1) is 5.60 Å². The average Bonchev–Trinajstić information content (AvgIpc) is 2.40. The van der Waals surface area contributed by atoms with Gasteiger partial charge < -0.3 is 9.53 Å². The molecule has 0 radical (unpaired) electrons. The molecule has 1 N–H and O–H groups in total. The minimum absolute atomic E-state index is 0.0880. The molecule has 0 saturated heterocycles. The normalized spacial score (nSPS) is 27.6. The molecule has 2 atom stereocenters. The molecule has 2 nitrogen and oxygen atoms in total. The van der Waals surface area contributed by atoms with E-state index in [2.05, 4.69) is 83.0 Å². The maximum atomic E-state index is 11.2. The second-order valence-electron chi connectivity index (χ2n) is 9.96. The van der Waals surface area contributed by atoms with Crippen LogP contribution in [0.3, 0.4) is 0 Å². The second-order valence-corrected chi connectivity index (χ2v) is 15.4. The van der Waals surface area contributed by atoms with Crippen LogP contribution in [-0.2, 0) is 4.43 Å². The Labute approximate surface area is 175 Å². The minimum Gasteiger partial charge on any atom is -0.414 e. The molecule has 0 amide bonds. The van der Waals surface area contributed by atoms with Crippen molar-refractivity contribution in [3.05, 3.63) is 39.2 Å². The monoisotopic (exact) mass is 488 g/mol. The van der Waals surface area contributed by atoms with Gasteiger partial charge in [-0.3, -0.25) is 0 Å². The Hall–Kier alpha value is -0.133. The fourth-order valence-corrected chi connectivity index (χ4v) is 5.03. The van der Waals surface area contributed by atoms with Crippen LogP contribution < -0.4 is 0 Å². The summed E-state index contributed by atoms with van der Waals surface area (Å²) in [5, 5.41) is 11.4. The van der Waals surface area contributed by atoms with Gasteiger partial charge in [0, 0.05) is 18.1 Å².